The highest BCUT2D eigenvalue weighted by molar-refractivity contribution is 9.10. The molecule has 1 atom stereocenters. The number of ether oxygens (including phenoxy) is 1. The van der Waals surface area contributed by atoms with Crippen molar-refractivity contribution in [1.29, 1.82) is 0 Å². The van der Waals surface area contributed by atoms with Gasteiger partial charge in [-0.15, -0.1) is 0 Å². The number of hydrogen-bond donors (Lipinski definition) is 2. The fourth-order valence-corrected chi connectivity index (χ4v) is 2.22. The van der Waals surface area contributed by atoms with Crippen molar-refractivity contribution >= 4 is 21.9 Å². The maximum atomic E-state index is 10.8. The molecule has 0 fully saturated rings. The molecule has 0 saturated carbocycles. The zero-order valence-electron chi connectivity index (χ0n) is 10.6. The van der Waals surface area contributed by atoms with Gasteiger partial charge in [0.25, 0.3) is 0 Å². The van der Waals surface area contributed by atoms with Gasteiger partial charge >= 0.3 is 5.97 Å². The molecule has 0 amide bonds. The molecule has 1 unspecified atom stereocenters. The second-order valence-electron chi connectivity index (χ2n) is 4.28. The molecule has 2 aromatic rings. The molecule has 0 heterocycles. The smallest absolute Gasteiger partial charge is 0.325 e. The standard InChI is InChI=1S/C15H14BrNO3/c16-12-8-11(14(17)15(18)19)6-7-13(12)20-9-10-4-2-1-3-5-10/h1-8,14H,9,17H2,(H,18,19). The summed E-state index contributed by atoms with van der Waals surface area (Å²) in [5.41, 5.74) is 7.15. The predicted octanol–water partition coefficient (Wildman–Crippen LogP) is 3.11. The number of carboxylic acid groups (broad SMARTS) is 1. The van der Waals surface area contributed by atoms with Crippen LogP contribution in [0.1, 0.15) is 17.2 Å². The lowest BCUT2D eigenvalue weighted by Gasteiger charge is -2.11. The minimum absolute atomic E-state index is 0.448. The van der Waals surface area contributed by atoms with Gasteiger partial charge in [0, 0.05) is 0 Å². The topological polar surface area (TPSA) is 72.6 Å². The molecule has 0 aliphatic rings. The van der Waals surface area contributed by atoms with Crippen molar-refractivity contribution in [3.8, 4) is 5.75 Å². The third kappa shape index (κ3) is 3.59. The summed E-state index contributed by atoms with van der Waals surface area (Å²) in [7, 11) is 0. The van der Waals surface area contributed by atoms with E-state index >= 15 is 0 Å². The number of nitrogens with two attached hydrogens (primary N) is 1. The summed E-state index contributed by atoms with van der Waals surface area (Å²) in [6.07, 6.45) is 0. The molecule has 2 rings (SSSR count). The number of hydrogen-bond acceptors (Lipinski definition) is 3. The lowest BCUT2D eigenvalue weighted by molar-refractivity contribution is -0.138. The fourth-order valence-electron chi connectivity index (χ4n) is 1.71. The van der Waals surface area contributed by atoms with Gasteiger partial charge in [-0.25, -0.2) is 0 Å². The second-order valence-corrected chi connectivity index (χ2v) is 5.13. The van der Waals surface area contributed by atoms with Crippen LogP contribution in [-0.4, -0.2) is 11.1 Å². The molecule has 5 heteroatoms. The molecule has 0 aliphatic heterocycles. The zero-order chi connectivity index (χ0) is 14.5. The van der Waals surface area contributed by atoms with Crippen LogP contribution in [0.2, 0.25) is 0 Å². The first-order chi connectivity index (χ1) is 9.58. The van der Waals surface area contributed by atoms with Gasteiger partial charge in [0.05, 0.1) is 4.47 Å². The van der Waals surface area contributed by atoms with Gasteiger partial charge in [0.1, 0.15) is 18.4 Å². The highest BCUT2D eigenvalue weighted by atomic mass is 79.9. The summed E-state index contributed by atoms with van der Waals surface area (Å²) in [6, 6.07) is 13.8. The first kappa shape index (κ1) is 14.6. The molecule has 0 aliphatic carbocycles. The fraction of sp³-hybridized carbons (Fsp3) is 0.133. The van der Waals surface area contributed by atoms with Crippen LogP contribution in [0.4, 0.5) is 0 Å². The number of rotatable bonds is 5. The quantitative estimate of drug-likeness (QED) is 0.880. The Morgan fingerprint density at radius 1 is 1.25 bits per heavy atom. The van der Waals surface area contributed by atoms with Crippen molar-refractivity contribution in [2.75, 3.05) is 0 Å². The SMILES string of the molecule is NC(C(=O)O)c1ccc(OCc2ccccc2)c(Br)c1. The lowest BCUT2D eigenvalue weighted by atomic mass is 10.1. The van der Waals surface area contributed by atoms with Gasteiger partial charge in [-0.2, -0.15) is 0 Å². The van der Waals surface area contributed by atoms with E-state index in [2.05, 4.69) is 15.9 Å². The monoisotopic (exact) mass is 335 g/mol. The molecular weight excluding hydrogens is 322 g/mol. The van der Waals surface area contributed by atoms with Crippen molar-refractivity contribution < 1.29 is 14.6 Å². The van der Waals surface area contributed by atoms with E-state index < -0.39 is 12.0 Å². The van der Waals surface area contributed by atoms with Gasteiger partial charge in [0.15, 0.2) is 0 Å². The van der Waals surface area contributed by atoms with Crippen LogP contribution in [0.15, 0.2) is 53.0 Å². The van der Waals surface area contributed by atoms with Gasteiger partial charge in [-0.1, -0.05) is 36.4 Å². The van der Waals surface area contributed by atoms with E-state index in [0.29, 0.717) is 22.4 Å². The van der Waals surface area contributed by atoms with Crippen molar-refractivity contribution in [2.24, 2.45) is 5.73 Å². The van der Waals surface area contributed by atoms with E-state index in [1.165, 1.54) is 0 Å². The summed E-state index contributed by atoms with van der Waals surface area (Å²) in [5.74, 6) is -0.412. The van der Waals surface area contributed by atoms with E-state index in [-0.39, 0.29) is 0 Å². The van der Waals surface area contributed by atoms with Gasteiger partial charge in [0.2, 0.25) is 0 Å². The third-order valence-electron chi connectivity index (χ3n) is 2.82. The largest absolute Gasteiger partial charge is 0.488 e. The average Bonchev–Trinajstić information content (AvgIpc) is 2.46. The molecular formula is C15H14BrNO3. The average molecular weight is 336 g/mol. The molecule has 20 heavy (non-hydrogen) atoms. The van der Waals surface area contributed by atoms with Crippen molar-refractivity contribution in [1.82, 2.24) is 0 Å². The Morgan fingerprint density at radius 3 is 2.55 bits per heavy atom. The normalized spacial score (nSPS) is 11.9. The predicted molar refractivity (Wildman–Crippen MR) is 79.5 cm³/mol. The maximum absolute atomic E-state index is 10.8. The Hall–Kier alpha value is -1.85. The zero-order valence-corrected chi connectivity index (χ0v) is 12.2. The number of carbonyl (C=O) groups is 1. The molecule has 2 aromatic carbocycles. The van der Waals surface area contributed by atoms with Crippen LogP contribution >= 0.6 is 15.9 Å². The highest BCUT2D eigenvalue weighted by Crippen LogP contribution is 2.28. The number of aliphatic carboxylic acids is 1. The van der Waals surface area contributed by atoms with E-state index in [0.717, 1.165) is 5.56 Å². The molecule has 0 bridgehead atoms. The van der Waals surface area contributed by atoms with Crippen LogP contribution in [0, 0.1) is 0 Å². The molecule has 0 saturated heterocycles. The molecule has 0 aromatic heterocycles. The van der Waals surface area contributed by atoms with Crippen molar-refractivity contribution in [2.45, 2.75) is 12.6 Å². The summed E-state index contributed by atoms with van der Waals surface area (Å²) < 4.78 is 6.37. The van der Waals surface area contributed by atoms with Gasteiger partial charge < -0.3 is 15.6 Å². The van der Waals surface area contributed by atoms with Gasteiger partial charge in [-0.3, -0.25) is 4.79 Å². The Morgan fingerprint density at radius 2 is 1.95 bits per heavy atom. The third-order valence-corrected chi connectivity index (χ3v) is 3.44. The Labute approximate surface area is 125 Å². The molecule has 0 radical (unpaired) electrons. The summed E-state index contributed by atoms with van der Waals surface area (Å²) in [5, 5.41) is 8.88. The minimum atomic E-state index is -1.06. The maximum Gasteiger partial charge on any atom is 0.325 e. The summed E-state index contributed by atoms with van der Waals surface area (Å²) >= 11 is 3.36. The highest BCUT2D eigenvalue weighted by Gasteiger charge is 2.15. The first-order valence-corrected chi connectivity index (χ1v) is 6.82. The first-order valence-electron chi connectivity index (χ1n) is 6.02. The molecule has 0 spiro atoms. The van der Waals surface area contributed by atoms with Gasteiger partial charge in [-0.05, 0) is 39.2 Å². The lowest BCUT2D eigenvalue weighted by Crippen LogP contribution is -2.20. The molecule has 104 valence electrons. The van der Waals surface area contributed by atoms with Crippen LogP contribution in [0.5, 0.6) is 5.75 Å². The van der Waals surface area contributed by atoms with Crippen molar-refractivity contribution in [3.63, 3.8) is 0 Å². The van der Waals surface area contributed by atoms with Crippen molar-refractivity contribution in [3.05, 3.63) is 64.1 Å². The Bertz CT molecular complexity index is 601. The van der Waals surface area contributed by atoms with Crippen LogP contribution < -0.4 is 10.5 Å². The van der Waals surface area contributed by atoms with Crippen LogP contribution in [0.3, 0.4) is 0 Å². The van der Waals surface area contributed by atoms with E-state index in [1.54, 1.807) is 18.2 Å². The summed E-state index contributed by atoms with van der Waals surface area (Å²) in [6.45, 7) is 0.448. The Kier molecular flexibility index (Phi) is 4.76. The van der Waals surface area contributed by atoms with E-state index in [9.17, 15) is 4.79 Å². The van der Waals surface area contributed by atoms with Crippen LogP contribution in [-0.2, 0) is 11.4 Å². The number of carboxylic acids is 1. The number of benzene rings is 2. The second kappa shape index (κ2) is 6.54. The number of halogens is 1. The molecule has 4 nitrogen and oxygen atoms in total. The van der Waals surface area contributed by atoms with E-state index in [1.807, 2.05) is 30.3 Å². The van der Waals surface area contributed by atoms with Crippen LogP contribution in [0.25, 0.3) is 0 Å². The van der Waals surface area contributed by atoms with E-state index in [4.69, 9.17) is 15.6 Å². The Balaban J connectivity index is 2.08. The summed E-state index contributed by atoms with van der Waals surface area (Å²) in [4.78, 5) is 10.8. The molecule has 3 N–H and O–H groups in total. The minimum Gasteiger partial charge on any atom is -0.488 e.